The van der Waals surface area contributed by atoms with Crippen molar-refractivity contribution in [2.24, 2.45) is 0 Å². The fourth-order valence-electron chi connectivity index (χ4n) is 0.208. The Hall–Kier alpha value is -0.560. The van der Waals surface area contributed by atoms with Gasteiger partial charge in [-0.25, -0.2) is 0 Å². The number of aliphatic hydroxyl groups is 2. The van der Waals surface area contributed by atoms with Gasteiger partial charge >= 0.3 is 0 Å². The molecule has 1 aliphatic heterocycles. The highest BCUT2D eigenvalue weighted by atomic mass is 16.6. The van der Waals surface area contributed by atoms with Gasteiger partial charge in [0.05, 0.1) is 12.7 Å². The summed E-state index contributed by atoms with van der Waals surface area (Å²) in [6.45, 7) is 2.71. The Labute approximate surface area is 60.6 Å². The molecular weight excluding hydrogens is 132 g/mol. The van der Waals surface area contributed by atoms with E-state index in [4.69, 9.17) is 14.9 Å². The number of aliphatic hydroxyl groups excluding tert-OH is 2. The summed E-state index contributed by atoms with van der Waals surface area (Å²) in [5.41, 5.74) is 0. The van der Waals surface area contributed by atoms with Gasteiger partial charge in [-0.05, 0) is 6.92 Å². The average Bonchev–Trinajstić information content (AvgIpc) is 2.69. The van der Waals surface area contributed by atoms with Crippen molar-refractivity contribution < 1.29 is 14.9 Å². The minimum Gasteiger partial charge on any atom is -0.384 e. The van der Waals surface area contributed by atoms with E-state index in [9.17, 15) is 0 Å². The summed E-state index contributed by atoms with van der Waals surface area (Å²) < 4.78 is 4.71. The summed E-state index contributed by atoms with van der Waals surface area (Å²) in [4.78, 5) is 0. The van der Waals surface area contributed by atoms with Crippen LogP contribution in [0.2, 0.25) is 0 Å². The van der Waals surface area contributed by atoms with Gasteiger partial charge in [-0.15, -0.1) is 0 Å². The average molecular weight is 144 g/mol. The second kappa shape index (κ2) is 6.56. The van der Waals surface area contributed by atoms with Gasteiger partial charge in [-0.1, -0.05) is 11.8 Å². The summed E-state index contributed by atoms with van der Waals surface area (Å²) in [7, 11) is 0. The van der Waals surface area contributed by atoms with Crippen LogP contribution in [0.3, 0.4) is 0 Å². The van der Waals surface area contributed by atoms with Crippen molar-refractivity contribution in [1.82, 2.24) is 0 Å². The molecule has 0 saturated carbocycles. The number of epoxide rings is 1. The maximum atomic E-state index is 7.91. The number of hydrogen-bond acceptors (Lipinski definition) is 3. The molecule has 1 aliphatic rings. The van der Waals surface area contributed by atoms with Gasteiger partial charge in [-0.2, -0.15) is 0 Å². The van der Waals surface area contributed by atoms with Crippen LogP contribution in [0, 0.1) is 11.8 Å². The molecule has 1 atom stereocenters. The molecule has 3 nitrogen and oxygen atoms in total. The summed E-state index contributed by atoms with van der Waals surface area (Å²) >= 11 is 0. The summed E-state index contributed by atoms with van der Waals surface area (Å²) in [5, 5.41) is 15.8. The van der Waals surface area contributed by atoms with Crippen molar-refractivity contribution in [2.75, 3.05) is 19.8 Å². The predicted molar refractivity (Wildman–Crippen MR) is 37.4 cm³/mol. The highest BCUT2D eigenvalue weighted by molar-refractivity contribution is 4.97. The lowest BCUT2D eigenvalue weighted by atomic mass is 10.6. The van der Waals surface area contributed by atoms with E-state index in [1.54, 1.807) is 0 Å². The van der Waals surface area contributed by atoms with Crippen molar-refractivity contribution >= 4 is 0 Å². The number of rotatable bonds is 0. The molecule has 0 aromatic carbocycles. The standard InChI is InChI=1S/C4H6O2.C3H6O/c5-3-1-2-4-6;1-3-2-4-3/h5-6H,3-4H2;3H,2H2,1H3. The molecule has 1 heterocycles. The first-order chi connectivity index (χ1) is 4.81. The molecule has 2 N–H and O–H groups in total. The monoisotopic (exact) mass is 144 g/mol. The number of hydrogen-bond donors (Lipinski definition) is 2. The number of ether oxygens (including phenoxy) is 1. The maximum absolute atomic E-state index is 7.91. The molecule has 58 valence electrons. The van der Waals surface area contributed by atoms with E-state index in [0.29, 0.717) is 6.10 Å². The van der Waals surface area contributed by atoms with E-state index in [1.807, 2.05) is 0 Å². The van der Waals surface area contributed by atoms with E-state index in [-0.39, 0.29) is 13.2 Å². The molecule has 1 fully saturated rings. The third-order valence-corrected chi connectivity index (χ3v) is 0.783. The second-order valence-electron chi connectivity index (χ2n) is 1.81. The van der Waals surface area contributed by atoms with Crippen LogP contribution in [0.15, 0.2) is 0 Å². The summed E-state index contributed by atoms with van der Waals surface area (Å²) in [6.07, 6.45) is 0.583. The second-order valence-corrected chi connectivity index (χ2v) is 1.81. The van der Waals surface area contributed by atoms with Gasteiger partial charge in [0, 0.05) is 0 Å². The first kappa shape index (κ1) is 9.44. The fraction of sp³-hybridized carbons (Fsp3) is 0.714. The Balaban J connectivity index is 0.000000172. The Morgan fingerprint density at radius 3 is 1.80 bits per heavy atom. The van der Waals surface area contributed by atoms with Crippen molar-refractivity contribution in [3.8, 4) is 11.8 Å². The third-order valence-electron chi connectivity index (χ3n) is 0.783. The van der Waals surface area contributed by atoms with Crippen LogP contribution in [0.4, 0.5) is 0 Å². The van der Waals surface area contributed by atoms with E-state index in [0.717, 1.165) is 6.61 Å². The first-order valence-corrected chi connectivity index (χ1v) is 3.10. The minimum atomic E-state index is -0.166. The smallest absolute Gasteiger partial charge is 0.104 e. The van der Waals surface area contributed by atoms with Crippen LogP contribution >= 0.6 is 0 Å². The van der Waals surface area contributed by atoms with Crippen LogP contribution in [0.5, 0.6) is 0 Å². The fourth-order valence-corrected chi connectivity index (χ4v) is 0.208. The Morgan fingerprint density at radius 2 is 1.70 bits per heavy atom. The Bertz CT molecular complexity index is 111. The van der Waals surface area contributed by atoms with E-state index >= 15 is 0 Å². The maximum Gasteiger partial charge on any atom is 0.104 e. The molecular formula is C7H12O3. The molecule has 0 aromatic heterocycles. The molecule has 0 spiro atoms. The van der Waals surface area contributed by atoms with Crippen LogP contribution in [0.1, 0.15) is 6.92 Å². The van der Waals surface area contributed by atoms with Crippen LogP contribution in [-0.4, -0.2) is 36.1 Å². The van der Waals surface area contributed by atoms with Gasteiger partial charge in [-0.3, -0.25) is 0 Å². The normalized spacial score (nSPS) is 19.7. The Morgan fingerprint density at radius 1 is 1.40 bits per heavy atom. The zero-order valence-corrected chi connectivity index (χ0v) is 6.00. The lowest BCUT2D eigenvalue weighted by Gasteiger charge is -1.66. The molecule has 1 rings (SSSR count). The Kier molecular flexibility index (Phi) is 6.19. The highest BCUT2D eigenvalue weighted by Gasteiger charge is 2.13. The third kappa shape index (κ3) is 10.4. The zero-order valence-electron chi connectivity index (χ0n) is 6.00. The van der Waals surface area contributed by atoms with E-state index < -0.39 is 0 Å². The highest BCUT2D eigenvalue weighted by Crippen LogP contribution is 2.04. The van der Waals surface area contributed by atoms with Crippen molar-refractivity contribution in [3.63, 3.8) is 0 Å². The summed E-state index contributed by atoms with van der Waals surface area (Å²) in [6, 6.07) is 0. The largest absolute Gasteiger partial charge is 0.384 e. The van der Waals surface area contributed by atoms with Crippen molar-refractivity contribution in [2.45, 2.75) is 13.0 Å². The molecule has 1 saturated heterocycles. The van der Waals surface area contributed by atoms with Crippen LogP contribution in [-0.2, 0) is 4.74 Å². The van der Waals surface area contributed by atoms with Gasteiger partial charge in [0.2, 0.25) is 0 Å². The zero-order chi connectivity index (χ0) is 7.82. The van der Waals surface area contributed by atoms with Crippen LogP contribution in [0.25, 0.3) is 0 Å². The van der Waals surface area contributed by atoms with Gasteiger partial charge in [0.1, 0.15) is 13.2 Å². The lowest BCUT2D eigenvalue weighted by molar-refractivity contribution is 0.342. The molecule has 0 aliphatic carbocycles. The van der Waals surface area contributed by atoms with Crippen LogP contribution < -0.4 is 0 Å². The molecule has 0 radical (unpaired) electrons. The molecule has 3 heteroatoms. The van der Waals surface area contributed by atoms with Crippen molar-refractivity contribution in [1.29, 1.82) is 0 Å². The lowest BCUT2D eigenvalue weighted by Crippen LogP contribution is -1.74. The topological polar surface area (TPSA) is 53.0 Å². The van der Waals surface area contributed by atoms with Gasteiger partial charge < -0.3 is 14.9 Å². The first-order valence-electron chi connectivity index (χ1n) is 3.10. The quantitative estimate of drug-likeness (QED) is 0.352. The molecule has 0 amide bonds. The minimum absolute atomic E-state index is 0.166. The van der Waals surface area contributed by atoms with E-state index in [1.165, 1.54) is 0 Å². The SMILES string of the molecule is CC1CO1.OCC#CCO. The molecule has 10 heavy (non-hydrogen) atoms. The predicted octanol–water partition coefficient (Wildman–Crippen LogP) is -0.620. The van der Waals surface area contributed by atoms with E-state index in [2.05, 4.69) is 18.8 Å². The molecule has 1 unspecified atom stereocenters. The van der Waals surface area contributed by atoms with Gasteiger partial charge in [0.15, 0.2) is 0 Å². The molecule has 0 aromatic rings. The molecule has 0 bridgehead atoms. The summed E-state index contributed by atoms with van der Waals surface area (Å²) in [5.74, 6) is 4.51. The van der Waals surface area contributed by atoms with Crippen molar-refractivity contribution in [3.05, 3.63) is 0 Å². The van der Waals surface area contributed by atoms with Gasteiger partial charge in [0.25, 0.3) is 0 Å².